The summed E-state index contributed by atoms with van der Waals surface area (Å²) < 4.78 is 0. The molecule has 3 nitrogen and oxygen atoms in total. The van der Waals surface area contributed by atoms with Gasteiger partial charge in [0.15, 0.2) is 0 Å². The monoisotopic (exact) mass is 209 g/mol. The maximum absolute atomic E-state index is 5.78. The first-order chi connectivity index (χ1) is 7.19. The lowest BCUT2D eigenvalue weighted by Crippen LogP contribution is -2.09. The van der Waals surface area contributed by atoms with E-state index in [1.54, 1.807) is 0 Å². The second-order valence-electron chi connectivity index (χ2n) is 3.30. The van der Waals surface area contributed by atoms with Crippen LogP contribution < -0.4 is 17.0 Å². The van der Waals surface area contributed by atoms with Crippen LogP contribution in [0.25, 0.3) is 0 Å². The lowest BCUT2D eigenvalue weighted by Gasteiger charge is -2.11. The number of hydrogen-bond acceptors (Lipinski definition) is 3. The van der Waals surface area contributed by atoms with Crippen molar-refractivity contribution >= 4 is 11.4 Å². The summed E-state index contributed by atoms with van der Waals surface area (Å²) in [6, 6.07) is 5.94. The highest BCUT2D eigenvalue weighted by Crippen LogP contribution is 2.25. The average Bonchev–Trinajstić information content (AvgIpc) is 2.30. The molecule has 0 aromatic heterocycles. The third-order valence-corrected chi connectivity index (χ3v) is 2.41. The van der Waals surface area contributed by atoms with Gasteiger partial charge in [0, 0.05) is 0 Å². The summed E-state index contributed by atoms with van der Waals surface area (Å²) in [4.78, 5) is 0. The van der Waals surface area contributed by atoms with Crippen molar-refractivity contribution in [3.63, 3.8) is 0 Å². The lowest BCUT2D eigenvalue weighted by molar-refractivity contribution is 0.734. The van der Waals surface area contributed by atoms with Crippen molar-refractivity contribution in [3.05, 3.63) is 23.8 Å². The molecule has 5 N–H and O–H groups in total. The van der Waals surface area contributed by atoms with Gasteiger partial charge in [-0.3, -0.25) is 5.84 Å². The minimum Gasteiger partial charge on any atom is -0.397 e. The molecular weight excluding hydrogens is 186 g/mol. The van der Waals surface area contributed by atoms with E-state index in [0.717, 1.165) is 12.1 Å². The van der Waals surface area contributed by atoms with E-state index in [0.29, 0.717) is 11.6 Å². The zero-order chi connectivity index (χ0) is 11.8. The Kier molecular flexibility index (Phi) is 6.54. The zero-order valence-corrected chi connectivity index (χ0v) is 10.2. The molecule has 0 spiro atoms. The fraction of sp³-hybridized carbons (Fsp3) is 0.500. The fourth-order valence-electron chi connectivity index (χ4n) is 1.25. The molecular formula is C12H23N3. The van der Waals surface area contributed by atoms with Crippen LogP contribution in [-0.4, -0.2) is 0 Å². The standard InChI is InChI=1S/C10H17N3.C2H6/c1-3-7(2)8-4-5-10(13-12)9(11)6-8;1-2/h4-7,13H,3,11-12H2,1-2H3;1-2H3. The Labute approximate surface area is 92.8 Å². The Morgan fingerprint density at radius 3 is 2.33 bits per heavy atom. The van der Waals surface area contributed by atoms with Gasteiger partial charge >= 0.3 is 0 Å². The summed E-state index contributed by atoms with van der Waals surface area (Å²) in [5.74, 6) is 5.83. The average molecular weight is 209 g/mol. The van der Waals surface area contributed by atoms with Gasteiger partial charge in [0.05, 0.1) is 11.4 Å². The van der Waals surface area contributed by atoms with Crippen molar-refractivity contribution in [2.75, 3.05) is 11.2 Å². The summed E-state index contributed by atoms with van der Waals surface area (Å²) in [6.45, 7) is 8.35. The Morgan fingerprint density at radius 1 is 1.33 bits per heavy atom. The smallest absolute Gasteiger partial charge is 0.0716 e. The molecule has 0 heterocycles. The fourth-order valence-corrected chi connectivity index (χ4v) is 1.25. The first kappa shape index (κ1) is 13.8. The molecule has 15 heavy (non-hydrogen) atoms. The number of hydrazine groups is 1. The topological polar surface area (TPSA) is 64.1 Å². The van der Waals surface area contributed by atoms with E-state index in [9.17, 15) is 0 Å². The quantitative estimate of drug-likeness (QED) is 0.407. The maximum Gasteiger partial charge on any atom is 0.0716 e. The third kappa shape index (κ3) is 3.80. The van der Waals surface area contributed by atoms with Gasteiger partial charge in [-0.2, -0.15) is 0 Å². The van der Waals surface area contributed by atoms with E-state index in [2.05, 4.69) is 25.3 Å². The highest BCUT2D eigenvalue weighted by Gasteiger charge is 2.04. The van der Waals surface area contributed by atoms with Gasteiger partial charge in [0.25, 0.3) is 0 Å². The van der Waals surface area contributed by atoms with Crippen LogP contribution in [-0.2, 0) is 0 Å². The van der Waals surface area contributed by atoms with Crippen LogP contribution in [0.5, 0.6) is 0 Å². The molecule has 1 unspecified atom stereocenters. The largest absolute Gasteiger partial charge is 0.397 e. The van der Waals surface area contributed by atoms with Crippen LogP contribution in [0.1, 0.15) is 45.6 Å². The highest BCUT2D eigenvalue weighted by atomic mass is 15.2. The molecule has 0 aliphatic carbocycles. The summed E-state index contributed by atoms with van der Waals surface area (Å²) in [7, 11) is 0. The van der Waals surface area contributed by atoms with Crippen LogP contribution in [0.3, 0.4) is 0 Å². The third-order valence-electron chi connectivity index (χ3n) is 2.41. The SMILES string of the molecule is CC.CCC(C)c1ccc(NN)c(N)c1. The van der Waals surface area contributed by atoms with Crippen molar-refractivity contribution in [3.8, 4) is 0 Å². The Bertz CT molecular complexity index is 284. The van der Waals surface area contributed by atoms with E-state index >= 15 is 0 Å². The molecule has 1 aromatic rings. The number of nitrogens with one attached hydrogen (secondary N) is 1. The van der Waals surface area contributed by atoms with Crippen LogP contribution >= 0.6 is 0 Å². The molecule has 1 atom stereocenters. The van der Waals surface area contributed by atoms with Gasteiger partial charge in [0.1, 0.15) is 0 Å². The van der Waals surface area contributed by atoms with E-state index in [-0.39, 0.29) is 0 Å². The predicted molar refractivity (Wildman–Crippen MR) is 68.7 cm³/mol. The number of nitrogen functional groups attached to an aromatic ring is 2. The normalized spacial score (nSPS) is 11.3. The number of benzene rings is 1. The van der Waals surface area contributed by atoms with E-state index < -0.39 is 0 Å². The maximum atomic E-state index is 5.78. The molecule has 3 heteroatoms. The first-order valence-corrected chi connectivity index (χ1v) is 5.55. The Balaban J connectivity index is 0.000000921. The van der Waals surface area contributed by atoms with E-state index in [4.69, 9.17) is 11.6 Å². The summed E-state index contributed by atoms with van der Waals surface area (Å²) >= 11 is 0. The summed E-state index contributed by atoms with van der Waals surface area (Å²) in [5, 5.41) is 0. The van der Waals surface area contributed by atoms with Crippen molar-refractivity contribution in [2.24, 2.45) is 5.84 Å². The van der Waals surface area contributed by atoms with Crippen molar-refractivity contribution < 1.29 is 0 Å². The number of hydrogen-bond donors (Lipinski definition) is 3. The Hall–Kier alpha value is -1.22. The molecule has 0 fully saturated rings. The van der Waals surface area contributed by atoms with Crippen LogP contribution in [0.15, 0.2) is 18.2 Å². The molecule has 0 radical (unpaired) electrons. The van der Waals surface area contributed by atoms with Crippen LogP contribution in [0.4, 0.5) is 11.4 Å². The minimum absolute atomic E-state index is 0.550. The van der Waals surface area contributed by atoms with Gasteiger partial charge < -0.3 is 11.2 Å². The summed E-state index contributed by atoms with van der Waals surface area (Å²) in [5.41, 5.74) is 11.1. The van der Waals surface area contributed by atoms with Gasteiger partial charge in [-0.1, -0.05) is 33.8 Å². The van der Waals surface area contributed by atoms with Gasteiger partial charge in [-0.25, -0.2) is 0 Å². The highest BCUT2D eigenvalue weighted by molar-refractivity contribution is 5.66. The molecule has 0 bridgehead atoms. The second-order valence-corrected chi connectivity index (χ2v) is 3.30. The molecule has 0 aliphatic heterocycles. The van der Waals surface area contributed by atoms with Gasteiger partial charge in [-0.15, -0.1) is 0 Å². The predicted octanol–water partition coefficient (Wildman–Crippen LogP) is 3.09. The van der Waals surface area contributed by atoms with Crippen molar-refractivity contribution in [1.29, 1.82) is 0 Å². The first-order valence-electron chi connectivity index (χ1n) is 5.55. The molecule has 86 valence electrons. The van der Waals surface area contributed by atoms with Crippen molar-refractivity contribution in [1.82, 2.24) is 0 Å². The van der Waals surface area contributed by atoms with Crippen LogP contribution in [0, 0.1) is 0 Å². The van der Waals surface area contributed by atoms with Crippen LogP contribution in [0.2, 0.25) is 0 Å². The van der Waals surface area contributed by atoms with E-state index in [1.165, 1.54) is 5.56 Å². The molecule has 1 rings (SSSR count). The summed E-state index contributed by atoms with van der Waals surface area (Å²) in [6.07, 6.45) is 1.12. The minimum atomic E-state index is 0.550. The molecule has 0 amide bonds. The number of rotatable bonds is 3. The van der Waals surface area contributed by atoms with E-state index in [1.807, 2.05) is 26.0 Å². The molecule has 0 aliphatic rings. The lowest BCUT2D eigenvalue weighted by atomic mass is 9.98. The number of nitrogens with two attached hydrogens (primary N) is 2. The zero-order valence-electron chi connectivity index (χ0n) is 10.2. The van der Waals surface area contributed by atoms with Crippen molar-refractivity contribution in [2.45, 2.75) is 40.0 Å². The second kappa shape index (κ2) is 7.12. The molecule has 0 saturated heterocycles. The molecule has 1 aromatic carbocycles. The Morgan fingerprint density at radius 2 is 1.93 bits per heavy atom. The van der Waals surface area contributed by atoms with Gasteiger partial charge in [0.2, 0.25) is 0 Å². The van der Waals surface area contributed by atoms with Gasteiger partial charge in [-0.05, 0) is 30.0 Å². The molecule has 0 saturated carbocycles. The number of anilines is 2.